The molecule has 2 N–H and O–H groups in total. The van der Waals surface area contributed by atoms with Crippen molar-refractivity contribution in [2.24, 2.45) is 10.9 Å². The highest BCUT2D eigenvalue weighted by Gasteiger charge is 2.26. The van der Waals surface area contributed by atoms with Crippen molar-refractivity contribution in [3.63, 3.8) is 0 Å². The number of para-hydroxylation sites is 1. The predicted octanol–water partition coefficient (Wildman–Crippen LogP) is 5.25. The van der Waals surface area contributed by atoms with Crippen LogP contribution in [-0.2, 0) is 4.79 Å². The fraction of sp³-hybridized carbons (Fsp3) is 0.296. The van der Waals surface area contributed by atoms with E-state index in [2.05, 4.69) is 32.6 Å². The van der Waals surface area contributed by atoms with E-state index in [1.54, 1.807) is 12.3 Å². The fourth-order valence-electron chi connectivity index (χ4n) is 4.60. The largest absolute Gasteiger partial charge is 0.376 e. The topological polar surface area (TPSA) is 69.6 Å². The fourth-order valence-corrected chi connectivity index (χ4v) is 4.77. The van der Waals surface area contributed by atoms with Gasteiger partial charge in [0.25, 0.3) is 0 Å². The second-order valence-corrected chi connectivity index (χ2v) is 9.55. The van der Waals surface area contributed by atoms with Crippen molar-refractivity contribution in [3.8, 4) is 11.3 Å². The molecule has 8 heteroatoms. The smallest absolute Gasteiger partial charge is 0.227 e. The number of nitrogens with zero attached hydrogens (tertiary/aromatic N) is 3. The summed E-state index contributed by atoms with van der Waals surface area (Å²) in [7, 11) is 2.08. The lowest BCUT2D eigenvalue weighted by atomic mass is 9.95. The first-order valence-corrected chi connectivity index (χ1v) is 12.2. The Morgan fingerprint density at radius 3 is 2.77 bits per heavy atom. The van der Waals surface area contributed by atoms with Crippen LogP contribution >= 0.6 is 11.6 Å². The molecule has 0 saturated carbocycles. The maximum Gasteiger partial charge on any atom is 0.227 e. The molecule has 35 heavy (non-hydrogen) atoms. The maximum absolute atomic E-state index is 14.7. The molecule has 0 aliphatic carbocycles. The van der Waals surface area contributed by atoms with Gasteiger partial charge in [0.15, 0.2) is 0 Å². The van der Waals surface area contributed by atoms with Gasteiger partial charge >= 0.3 is 0 Å². The number of pyridine rings is 1. The summed E-state index contributed by atoms with van der Waals surface area (Å²) in [5.41, 5.74) is 3.08. The summed E-state index contributed by atoms with van der Waals surface area (Å²) in [6.45, 7) is 1.84. The molecule has 1 aromatic heterocycles. The van der Waals surface area contributed by atoms with Crippen molar-refractivity contribution >= 4 is 40.3 Å². The summed E-state index contributed by atoms with van der Waals surface area (Å²) in [6, 6.07) is 13.8. The molecule has 2 aromatic carbocycles. The Hall–Kier alpha value is -3.29. The third-order valence-electron chi connectivity index (χ3n) is 6.64. The summed E-state index contributed by atoms with van der Waals surface area (Å²) in [6.07, 6.45) is 5.83. The van der Waals surface area contributed by atoms with Gasteiger partial charge in [0, 0.05) is 46.4 Å². The van der Waals surface area contributed by atoms with Crippen LogP contribution in [0.1, 0.15) is 19.3 Å². The van der Waals surface area contributed by atoms with Crippen molar-refractivity contribution in [2.75, 3.05) is 25.5 Å². The summed E-state index contributed by atoms with van der Waals surface area (Å²) >= 11 is 6.14. The Balaban J connectivity index is 1.44. The average molecular weight is 492 g/mol. The molecule has 1 unspecified atom stereocenters. The lowest BCUT2D eigenvalue weighted by Gasteiger charge is -2.30. The zero-order valence-electron chi connectivity index (χ0n) is 19.5. The number of aliphatic imine (C=N–C) groups is 1. The molecule has 0 spiro atoms. The number of hydrogen-bond acceptors (Lipinski definition) is 5. The van der Waals surface area contributed by atoms with E-state index in [0.29, 0.717) is 22.7 Å². The molecule has 0 bridgehead atoms. The number of carbonyl (C=O) groups excluding carboxylic acids is 1. The van der Waals surface area contributed by atoms with Crippen molar-refractivity contribution in [1.29, 1.82) is 0 Å². The average Bonchev–Trinajstić information content (AvgIpc) is 2.87. The van der Waals surface area contributed by atoms with E-state index in [1.165, 1.54) is 12.1 Å². The molecule has 1 fully saturated rings. The molecule has 1 atom stereocenters. The van der Waals surface area contributed by atoms with Gasteiger partial charge in [-0.1, -0.05) is 29.8 Å². The van der Waals surface area contributed by atoms with Crippen LogP contribution in [0.2, 0.25) is 5.02 Å². The van der Waals surface area contributed by atoms with Crippen molar-refractivity contribution in [1.82, 2.24) is 15.2 Å². The lowest BCUT2D eigenvalue weighted by Crippen LogP contribution is -2.42. The number of hydrogen-bond donors (Lipinski definition) is 2. The van der Waals surface area contributed by atoms with E-state index < -0.39 is 0 Å². The molecule has 0 radical (unpaired) electrons. The number of nitrogens with one attached hydrogen (secondary N) is 2. The molecule has 1 amide bonds. The van der Waals surface area contributed by atoms with E-state index in [4.69, 9.17) is 11.6 Å². The molecule has 3 heterocycles. The number of anilines is 1. The van der Waals surface area contributed by atoms with Crippen LogP contribution in [0, 0.1) is 11.7 Å². The van der Waals surface area contributed by atoms with Gasteiger partial charge in [-0.2, -0.15) is 0 Å². The second-order valence-electron chi connectivity index (χ2n) is 9.11. The quantitative estimate of drug-likeness (QED) is 0.511. The molecular weight excluding hydrogens is 465 g/mol. The number of halogens is 2. The molecule has 6 nitrogen and oxygen atoms in total. The molecule has 2 aliphatic rings. The Morgan fingerprint density at radius 1 is 1.14 bits per heavy atom. The summed E-state index contributed by atoms with van der Waals surface area (Å²) in [5, 5.41) is 8.02. The van der Waals surface area contributed by atoms with Crippen LogP contribution < -0.4 is 10.6 Å². The number of piperidine rings is 1. The van der Waals surface area contributed by atoms with E-state index >= 15 is 0 Å². The number of aromatic nitrogens is 1. The monoisotopic (exact) mass is 491 g/mol. The Bertz CT molecular complexity index is 1320. The maximum atomic E-state index is 14.7. The summed E-state index contributed by atoms with van der Waals surface area (Å²) in [5.74, 6) is -0.355. The number of amides is 1. The van der Waals surface area contributed by atoms with Gasteiger partial charge in [-0.05, 0) is 63.3 Å². The van der Waals surface area contributed by atoms with Crippen LogP contribution in [0.25, 0.3) is 22.2 Å². The molecule has 180 valence electrons. The highest BCUT2D eigenvalue weighted by Crippen LogP contribution is 2.32. The SMILES string of the molecule is CN1CCC(C(=O)NC2=CN=CCC2Nc2cc(-c3cc(Cl)ccc3F)nc3ccccc23)CC1. The molecule has 1 saturated heterocycles. The van der Waals surface area contributed by atoms with E-state index in [0.717, 1.165) is 48.2 Å². The van der Waals surface area contributed by atoms with Crippen LogP contribution in [0.3, 0.4) is 0 Å². The van der Waals surface area contributed by atoms with Gasteiger partial charge in [-0.3, -0.25) is 9.79 Å². The van der Waals surface area contributed by atoms with E-state index in [9.17, 15) is 9.18 Å². The van der Waals surface area contributed by atoms with E-state index in [-0.39, 0.29) is 23.7 Å². The second kappa shape index (κ2) is 10.1. The van der Waals surface area contributed by atoms with E-state index in [1.807, 2.05) is 36.5 Å². The van der Waals surface area contributed by atoms with Gasteiger partial charge in [-0.25, -0.2) is 9.37 Å². The summed E-state index contributed by atoms with van der Waals surface area (Å²) < 4.78 is 14.7. The van der Waals surface area contributed by atoms with Gasteiger partial charge in [0.1, 0.15) is 5.82 Å². The lowest BCUT2D eigenvalue weighted by molar-refractivity contribution is -0.125. The first kappa shape index (κ1) is 23.5. The third kappa shape index (κ3) is 5.21. The molecule has 5 rings (SSSR count). The summed E-state index contributed by atoms with van der Waals surface area (Å²) in [4.78, 5) is 24.2. The zero-order valence-corrected chi connectivity index (χ0v) is 20.2. The van der Waals surface area contributed by atoms with Gasteiger partial charge in [0.2, 0.25) is 5.91 Å². The normalized spacial score (nSPS) is 18.9. The number of rotatable bonds is 5. The van der Waals surface area contributed by atoms with Crippen molar-refractivity contribution < 1.29 is 9.18 Å². The molecule has 2 aliphatic heterocycles. The first-order chi connectivity index (χ1) is 17.0. The first-order valence-electron chi connectivity index (χ1n) is 11.8. The van der Waals surface area contributed by atoms with Crippen LogP contribution in [0.5, 0.6) is 0 Å². The van der Waals surface area contributed by atoms with Gasteiger partial charge in [-0.15, -0.1) is 0 Å². The van der Waals surface area contributed by atoms with Gasteiger partial charge < -0.3 is 15.5 Å². The minimum absolute atomic E-state index is 0.00202. The minimum Gasteiger partial charge on any atom is -0.376 e. The number of benzene rings is 2. The number of fused-ring (bicyclic) bond motifs is 1. The molecular formula is C27H27ClFN5O. The zero-order chi connectivity index (χ0) is 24.4. The Morgan fingerprint density at radius 2 is 1.94 bits per heavy atom. The highest BCUT2D eigenvalue weighted by atomic mass is 35.5. The Labute approximate surface area is 208 Å². The van der Waals surface area contributed by atoms with Crippen LogP contribution in [0.15, 0.2) is 65.4 Å². The van der Waals surface area contributed by atoms with Crippen LogP contribution in [0.4, 0.5) is 10.1 Å². The van der Waals surface area contributed by atoms with Crippen LogP contribution in [-0.4, -0.2) is 48.2 Å². The molecule has 3 aromatic rings. The number of carbonyl (C=O) groups is 1. The Kier molecular flexibility index (Phi) is 6.79. The third-order valence-corrected chi connectivity index (χ3v) is 6.88. The highest BCUT2D eigenvalue weighted by molar-refractivity contribution is 6.30. The predicted molar refractivity (Wildman–Crippen MR) is 139 cm³/mol. The van der Waals surface area contributed by atoms with Gasteiger partial charge in [0.05, 0.1) is 22.9 Å². The standard InChI is InChI=1S/C27H27ClFN5O/c1-34-12-9-17(10-13-34)27(35)33-26-16-30-11-8-23(26)32-24-15-25(20-14-18(28)6-7-21(20)29)31-22-5-3-2-4-19(22)24/h2-7,11,14-17,23H,8-10,12-13H2,1H3,(H,31,32)(H,33,35). The van der Waals surface area contributed by atoms with Crippen molar-refractivity contribution in [2.45, 2.75) is 25.3 Å². The number of likely N-dealkylation sites (tertiary alicyclic amines) is 1. The van der Waals surface area contributed by atoms with Crippen molar-refractivity contribution in [3.05, 3.63) is 71.3 Å². The minimum atomic E-state index is -0.390.